The van der Waals surface area contributed by atoms with Crippen LogP contribution in [0.25, 0.3) is 0 Å². The van der Waals surface area contributed by atoms with Crippen LogP contribution in [0.4, 0.5) is 0 Å². The molecule has 1 aliphatic rings. The first-order chi connectivity index (χ1) is 8.61. The molecule has 1 aromatic rings. The summed E-state index contributed by atoms with van der Waals surface area (Å²) in [7, 11) is 0. The number of hydrogen-bond acceptors (Lipinski definition) is 4. The van der Waals surface area contributed by atoms with Crippen LogP contribution in [-0.4, -0.2) is 11.7 Å². The zero-order valence-electron chi connectivity index (χ0n) is 10.1. The molecule has 1 amide bonds. The summed E-state index contributed by atoms with van der Waals surface area (Å²) in [6.45, 7) is 2.23. The lowest BCUT2D eigenvalue weighted by molar-refractivity contribution is -0.194. The third kappa shape index (κ3) is 2.51. The summed E-state index contributed by atoms with van der Waals surface area (Å²) in [5.41, 5.74) is 6.65. The van der Waals surface area contributed by atoms with E-state index in [0.29, 0.717) is 24.3 Å². The molecule has 1 unspecified atom stereocenters. The summed E-state index contributed by atoms with van der Waals surface area (Å²) >= 11 is 0. The van der Waals surface area contributed by atoms with E-state index in [0.717, 1.165) is 5.56 Å². The van der Waals surface area contributed by atoms with Gasteiger partial charge in [0.25, 0.3) is 0 Å². The SMILES string of the molecule is CCC(CC(=O)c1ccc2c(c1)OOC2)C(N)=O. The molecule has 0 aromatic heterocycles. The maximum Gasteiger partial charge on any atom is 0.220 e. The smallest absolute Gasteiger partial charge is 0.220 e. The van der Waals surface area contributed by atoms with Crippen molar-refractivity contribution >= 4 is 11.7 Å². The van der Waals surface area contributed by atoms with Crippen molar-refractivity contribution in [1.29, 1.82) is 0 Å². The third-order valence-corrected chi connectivity index (χ3v) is 3.08. The van der Waals surface area contributed by atoms with E-state index in [2.05, 4.69) is 0 Å². The highest BCUT2D eigenvalue weighted by Crippen LogP contribution is 2.27. The van der Waals surface area contributed by atoms with Gasteiger partial charge in [-0.3, -0.25) is 9.59 Å². The average molecular weight is 249 g/mol. The summed E-state index contributed by atoms with van der Waals surface area (Å²) in [5.74, 6) is -0.401. The van der Waals surface area contributed by atoms with Crippen molar-refractivity contribution in [1.82, 2.24) is 0 Å². The summed E-state index contributed by atoms with van der Waals surface area (Å²) < 4.78 is 0. The van der Waals surface area contributed by atoms with Gasteiger partial charge in [0.2, 0.25) is 5.91 Å². The predicted molar refractivity (Wildman–Crippen MR) is 63.8 cm³/mol. The second-order valence-corrected chi connectivity index (χ2v) is 4.30. The van der Waals surface area contributed by atoms with Crippen LogP contribution < -0.4 is 10.6 Å². The molecular weight excluding hydrogens is 234 g/mol. The molecule has 2 N–H and O–H groups in total. The maximum atomic E-state index is 12.0. The fraction of sp³-hybridized carbons (Fsp3) is 0.385. The lowest BCUT2D eigenvalue weighted by Crippen LogP contribution is -2.25. The van der Waals surface area contributed by atoms with Gasteiger partial charge in [0.15, 0.2) is 11.5 Å². The van der Waals surface area contributed by atoms with Gasteiger partial charge in [-0.15, -0.1) is 0 Å². The molecule has 0 fully saturated rings. The highest BCUT2D eigenvalue weighted by atomic mass is 17.2. The molecular formula is C13H15NO4. The number of carbonyl (C=O) groups is 2. The number of hydrogen-bond donors (Lipinski definition) is 1. The molecule has 0 spiro atoms. The summed E-state index contributed by atoms with van der Waals surface area (Å²) in [5, 5.41) is 0. The molecule has 0 bridgehead atoms. The Balaban J connectivity index is 2.12. The van der Waals surface area contributed by atoms with E-state index in [4.69, 9.17) is 15.5 Å². The third-order valence-electron chi connectivity index (χ3n) is 3.08. The van der Waals surface area contributed by atoms with Crippen LogP contribution in [0.15, 0.2) is 18.2 Å². The van der Waals surface area contributed by atoms with Crippen molar-refractivity contribution in [2.45, 2.75) is 26.4 Å². The van der Waals surface area contributed by atoms with Crippen molar-refractivity contribution in [2.75, 3.05) is 0 Å². The number of benzene rings is 1. The second kappa shape index (κ2) is 5.18. The van der Waals surface area contributed by atoms with Crippen LogP contribution in [0.2, 0.25) is 0 Å². The van der Waals surface area contributed by atoms with Crippen LogP contribution in [0.5, 0.6) is 5.75 Å². The zero-order chi connectivity index (χ0) is 13.1. The number of amides is 1. The molecule has 0 saturated carbocycles. The Kier molecular flexibility index (Phi) is 3.62. The first-order valence-electron chi connectivity index (χ1n) is 5.86. The van der Waals surface area contributed by atoms with Crippen molar-refractivity contribution < 1.29 is 19.4 Å². The van der Waals surface area contributed by atoms with Gasteiger partial charge < -0.3 is 10.6 Å². The van der Waals surface area contributed by atoms with Crippen LogP contribution in [0.3, 0.4) is 0 Å². The van der Waals surface area contributed by atoms with E-state index in [-0.39, 0.29) is 12.2 Å². The van der Waals surface area contributed by atoms with Gasteiger partial charge in [-0.25, -0.2) is 0 Å². The fourth-order valence-electron chi connectivity index (χ4n) is 1.87. The lowest BCUT2D eigenvalue weighted by atomic mass is 9.95. The predicted octanol–water partition coefficient (Wildman–Crippen LogP) is 1.59. The van der Waals surface area contributed by atoms with Gasteiger partial charge in [-0.2, -0.15) is 4.89 Å². The Labute approximate surface area is 105 Å². The highest BCUT2D eigenvalue weighted by molar-refractivity contribution is 5.98. The molecule has 1 atom stereocenters. The quantitative estimate of drug-likeness (QED) is 0.635. The standard InChI is InChI=1S/C13H15NO4/c1-2-8(13(14)16)5-11(15)9-3-4-10-7-17-18-12(10)6-9/h3-4,6,8H,2,5,7H2,1H3,(H2,14,16). The average Bonchev–Trinajstić information content (AvgIpc) is 2.82. The number of ketones is 1. The first-order valence-corrected chi connectivity index (χ1v) is 5.86. The Hall–Kier alpha value is -1.88. The van der Waals surface area contributed by atoms with E-state index in [1.165, 1.54) is 0 Å². The topological polar surface area (TPSA) is 78.6 Å². The molecule has 2 rings (SSSR count). The molecule has 1 heterocycles. The van der Waals surface area contributed by atoms with E-state index in [1.54, 1.807) is 18.2 Å². The minimum Gasteiger partial charge on any atom is -0.369 e. The first kappa shape index (κ1) is 12.6. The number of nitrogens with two attached hydrogens (primary N) is 1. The van der Waals surface area contributed by atoms with E-state index < -0.39 is 11.8 Å². The van der Waals surface area contributed by atoms with Crippen LogP contribution in [0, 0.1) is 5.92 Å². The maximum absolute atomic E-state index is 12.0. The monoisotopic (exact) mass is 249 g/mol. The molecule has 5 heteroatoms. The zero-order valence-corrected chi connectivity index (χ0v) is 10.1. The van der Waals surface area contributed by atoms with Crippen molar-refractivity contribution in [3.63, 3.8) is 0 Å². The molecule has 1 aromatic carbocycles. The van der Waals surface area contributed by atoms with Gasteiger partial charge >= 0.3 is 0 Å². The Morgan fingerprint density at radius 2 is 2.22 bits per heavy atom. The fourth-order valence-corrected chi connectivity index (χ4v) is 1.87. The number of rotatable bonds is 5. The number of Topliss-reactive ketones (excluding diaryl/α,β-unsaturated/α-hetero) is 1. The van der Waals surface area contributed by atoms with Gasteiger partial charge in [0.05, 0.1) is 0 Å². The normalized spacial score (nSPS) is 14.7. The Bertz CT molecular complexity index is 484. The lowest BCUT2D eigenvalue weighted by Gasteiger charge is -2.09. The van der Waals surface area contributed by atoms with Gasteiger partial charge in [-0.1, -0.05) is 19.1 Å². The van der Waals surface area contributed by atoms with Gasteiger partial charge in [0, 0.05) is 23.5 Å². The number of carbonyl (C=O) groups excluding carboxylic acids is 2. The molecule has 96 valence electrons. The molecule has 0 saturated heterocycles. The van der Waals surface area contributed by atoms with Gasteiger partial charge in [-0.05, 0) is 12.5 Å². The number of primary amides is 1. The Morgan fingerprint density at radius 1 is 1.44 bits per heavy atom. The molecule has 1 aliphatic heterocycles. The molecule has 0 aliphatic carbocycles. The second-order valence-electron chi connectivity index (χ2n) is 4.30. The highest BCUT2D eigenvalue weighted by Gasteiger charge is 2.21. The van der Waals surface area contributed by atoms with Crippen LogP contribution in [-0.2, 0) is 16.3 Å². The summed E-state index contributed by atoms with van der Waals surface area (Å²) in [6.07, 6.45) is 0.692. The minimum absolute atomic E-state index is 0.112. The van der Waals surface area contributed by atoms with Crippen molar-refractivity contribution in [2.24, 2.45) is 11.7 Å². The van der Waals surface area contributed by atoms with E-state index >= 15 is 0 Å². The van der Waals surface area contributed by atoms with Crippen molar-refractivity contribution in [3.05, 3.63) is 29.3 Å². The number of fused-ring (bicyclic) bond motifs is 1. The Morgan fingerprint density at radius 3 is 2.89 bits per heavy atom. The molecule has 5 nitrogen and oxygen atoms in total. The summed E-state index contributed by atoms with van der Waals surface area (Å²) in [4.78, 5) is 32.9. The van der Waals surface area contributed by atoms with Gasteiger partial charge in [0.1, 0.15) is 6.61 Å². The van der Waals surface area contributed by atoms with Crippen molar-refractivity contribution in [3.8, 4) is 5.75 Å². The largest absolute Gasteiger partial charge is 0.369 e. The van der Waals surface area contributed by atoms with E-state index in [1.807, 2.05) is 6.92 Å². The summed E-state index contributed by atoms with van der Waals surface area (Å²) in [6, 6.07) is 5.14. The van der Waals surface area contributed by atoms with Crippen LogP contribution >= 0.6 is 0 Å². The minimum atomic E-state index is -0.438. The van der Waals surface area contributed by atoms with Crippen LogP contribution in [0.1, 0.15) is 35.7 Å². The molecule has 18 heavy (non-hydrogen) atoms. The van der Waals surface area contributed by atoms with E-state index in [9.17, 15) is 9.59 Å². The molecule has 0 radical (unpaired) electrons.